The van der Waals surface area contributed by atoms with Gasteiger partial charge in [0.1, 0.15) is 17.6 Å². The molecule has 1 atom stereocenters. The maximum atomic E-state index is 12.5. The number of amides is 3. The summed E-state index contributed by atoms with van der Waals surface area (Å²) >= 11 is 0. The van der Waals surface area contributed by atoms with Gasteiger partial charge in [0.25, 0.3) is 0 Å². The highest BCUT2D eigenvalue weighted by Crippen LogP contribution is 2.26. The zero-order chi connectivity index (χ0) is 18.7. The number of carbonyl (C=O) groups excluding carboxylic acids is 4. The monoisotopic (exact) mass is 358 g/mol. The molecule has 3 rings (SSSR count). The topological polar surface area (TPSA) is 99.7 Å². The summed E-state index contributed by atoms with van der Waals surface area (Å²) in [5, 5.41) is 2.82. The third-order valence-corrected chi connectivity index (χ3v) is 4.96. The van der Waals surface area contributed by atoms with E-state index < -0.39 is 6.04 Å². The van der Waals surface area contributed by atoms with E-state index in [1.165, 1.54) is 11.8 Å². The summed E-state index contributed by atoms with van der Waals surface area (Å²) in [5.74, 6) is 0.185. The van der Waals surface area contributed by atoms with Crippen molar-refractivity contribution >= 4 is 30.3 Å². The lowest BCUT2D eigenvalue weighted by atomic mass is 10.0. The minimum Gasteiger partial charge on any atom is -0.350 e. The first-order valence-electron chi connectivity index (χ1n) is 8.80. The first-order chi connectivity index (χ1) is 12.5. The molecule has 0 spiro atoms. The van der Waals surface area contributed by atoms with Gasteiger partial charge in [0.2, 0.25) is 18.2 Å². The molecule has 3 heterocycles. The van der Waals surface area contributed by atoms with Gasteiger partial charge in [-0.15, -0.1) is 0 Å². The Bertz CT molecular complexity index is 749. The van der Waals surface area contributed by atoms with E-state index in [1.54, 1.807) is 4.90 Å². The minimum absolute atomic E-state index is 0.111. The van der Waals surface area contributed by atoms with Gasteiger partial charge in [-0.3, -0.25) is 24.1 Å². The summed E-state index contributed by atoms with van der Waals surface area (Å²) in [6.07, 6.45) is 4.40. The van der Waals surface area contributed by atoms with E-state index in [4.69, 9.17) is 0 Å². The fourth-order valence-electron chi connectivity index (χ4n) is 3.65. The quantitative estimate of drug-likeness (QED) is 0.770. The molecule has 0 radical (unpaired) electrons. The molecule has 0 aromatic carbocycles. The molecule has 1 N–H and O–H groups in total. The zero-order valence-electron chi connectivity index (χ0n) is 14.7. The largest absolute Gasteiger partial charge is 0.350 e. The Morgan fingerprint density at radius 2 is 2.12 bits per heavy atom. The number of hydrogen-bond donors (Lipinski definition) is 1. The van der Waals surface area contributed by atoms with Crippen molar-refractivity contribution in [2.45, 2.75) is 45.2 Å². The third kappa shape index (κ3) is 3.44. The molecule has 1 fully saturated rings. The van der Waals surface area contributed by atoms with Crippen molar-refractivity contribution in [2.75, 3.05) is 18.0 Å². The van der Waals surface area contributed by atoms with Gasteiger partial charge in [0.05, 0.1) is 0 Å². The Balaban J connectivity index is 1.75. The highest BCUT2D eigenvalue weighted by molar-refractivity contribution is 5.87. The van der Waals surface area contributed by atoms with Crippen LogP contribution in [0.4, 0.5) is 5.82 Å². The Morgan fingerprint density at radius 1 is 1.31 bits per heavy atom. The molecular weight excluding hydrogens is 336 g/mol. The summed E-state index contributed by atoms with van der Waals surface area (Å²) in [5.41, 5.74) is 1.73. The minimum atomic E-state index is -0.455. The van der Waals surface area contributed by atoms with Crippen molar-refractivity contribution in [3.05, 3.63) is 22.9 Å². The molecule has 1 aromatic heterocycles. The number of likely N-dealkylation sites (tertiary alicyclic amines) is 1. The van der Waals surface area contributed by atoms with Crippen LogP contribution in [0.2, 0.25) is 0 Å². The van der Waals surface area contributed by atoms with E-state index in [2.05, 4.69) is 10.3 Å². The van der Waals surface area contributed by atoms with Gasteiger partial charge >= 0.3 is 0 Å². The number of aromatic nitrogens is 1. The predicted molar refractivity (Wildman–Crippen MR) is 93.6 cm³/mol. The SMILES string of the molecule is CC(=O)N1CCCC1C(=O)NCc1cc2c(nc1C=O)N(C=O)CCC2. The van der Waals surface area contributed by atoms with Crippen LogP contribution in [0.5, 0.6) is 0 Å². The predicted octanol–water partition coefficient (Wildman–Crippen LogP) is 0.430. The van der Waals surface area contributed by atoms with Gasteiger partial charge in [0, 0.05) is 32.1 Å². The second-order valence-corrected chi connectivity index (χ2v) is 6.62. The van der Waals surface area contributed by atoms with Crippen LogP contribution in [0, 0.1) is 0 Å². The van der Waals surface area contributed by atoms with Crippen molar-refractivity contribution in [2.24, 2.45) is 0 Å². The molecular formula is C18H22N4O4. The summed E-state index contributed by atoms with van der Waals surface area (Å²) < 4.78 is 0. The van der Waals surface area contributed by atoms with Gasteiger partial charge in [0.15, 0.2) is 6.29 Å². The molecule has 26 heavy (non-hydrogen) atoms. The van der Waals surface area contributed by atoms with Crippen LogP contribution in [0.1, 0.15) is 47.8 Å². The molecule has 138 valence electrons. The van der Waals surface area contributed by atoms with Gasteiger partial charge in [-0.1, -0.05) is 0 Å². The van der Waals surface area contributed by atoms with E-state index in [0.29, 0.717) is 37.2 Å². The van der Waals surface area contributed by atoms with E-state index in [-0.39, 0.29) is 24.1 Å². The number of rotatable bonds is 5. The molecule has 2 aliphatic heterocycles. The van der Waals surface area contributed by atoms with Crippen molar-refractivity contribution in [1.82, 2.24) is 15.2 Å². The Morgan fingerprint density at radius 3 is 2.81 bits per heavy atom. The molecule has 1 aromatic rings. The van der Waals surface area contributed by atoms with Crippen LogP contribution in [0.15, 0.2) is 6.07 Å². The number of aryl methyl sites for hydroxylation is 1. The van der Waals surface area contributed by atoms with E-state index in [1.807, 2.05) is 6.07 Å². The highest BCUT2D eigenvalue weighted by atomic mass is 16.2. The lowest BCUT2D eigenvalue weighted by Gasteiger charge is -2.26. The van der Waals surface area contributed by atoms with Gasteiger partial charge in [-0.25, -0.2) is 4.98 Å². The maximum absolute atomic E-state index is 12.5. The highest BCUT2D eigenvalue weighted by Gasteiger charge is 2.32. The molecule has 0 bridgehead atoms. The molecule has 8 heteroatoms. The second kappa shape index (κ2) is 7.63. The third-order valence-electron chi connectivity index (χ3n) is 4.96. The zero-order valence-corrected chi connectivity index (χ0v) is 14.7. The number of carbonyl (C=O) groups is 4. The maximum Gasteiger partial charge on any atom is 0.243 e. The van der Waals surface area contributed by atoms with Crippen molar-refractivity contribution in [3.8, 4) is 0 Å². The van der Waals surface area contributed by atoms with E-state index >= 15 is 0 Å². The average Bonchev–Trinajstić information content (AvgIpc) is 3.15. The Labute approximate surface area is 151 Å². The molecule has 2 aliphatic rings. The number of hydrogen-bond acceptors (Lipinski definition) is 5. The second-order valence-electron chi connectivity index (χ2n) is 6.62. The fourth-order valence-corrected chi connectivity index (χ4v) is 3.65. The first-order valence-corrected chi connectivity index (χ1v) is 8.80. The molecule has 1 saturated heterocycles. The van der Waals surface area contributed by atoms with Gasteiger partial charge in [-0.2, -0.15) is 0 Å². The number of pyridine rings is 1. The Kier molecular flexibility index (Phi) is 5.29. The normalized spacial score (nSPS) is 19.0. The fraction of sp³-hybridized carbons (Fsp3) is 0.500. The first kappa shape index (κ1) is 18.0. The van der Waals surface area contributed by atoms with Crippen LogP contribution in [0.25, 0.3) is 0 Å². The Hall–Kier alpha value is -2.77. The van der Waals surface area contributed by atoms with Crippen molar-refractivity contribution < 1.29 is 19.2 Å². The summed E-state index contributed by atoms with van der Waals surface area (Å²) in [4.78, 5) is 54.0. The van der Waals surface area contributed by atoms with Crippen molar-refractivity contribution in [3.63, 3.8) is 0 Å². The van der Waals surface area contributed by atoms with Crippen LogP contribution in [-0.4, -0.2) is 53.5 Å². The number of aldehydes is 1. The molecule has 0 aliphatic carbocycles. The average molecular weight is 358 g/mol. The smallest absolute Gasteiger partial charge is 0.243 e. The number of fused-ring (bicyclic) bond motifs is 1. The standard InChI is InChI=1S/C18H22N4O4/c1-12(25)22-7-3-5-16(22)18(26)19-9-14-8-13-4-2-6-21(11-24)17(13)20-15(14)10-23/h8,10-11,16H,2-7,9H2,1H3,(H,19,26). The number of nitrogens with zero attached hydrogens (tertiary/aromatic N) is 3. The summed E-state index contributed by atoms with van der Waals surface area (Å²) in [7, 11) is 0. The summed E-state index contributed by atoms with van der Waals surface area (Å²) in [6, 6.07) is 1.38. The lowest BCUT2D eigenvalue weighted by molar-refractivity contribution is -0.136. The van der Waals surface area contributed by atoms with Crippen molar-refractivity contribution in [1.29, 1.82) is 0 Å². The van der Waals surface area contributed by atoms with Crippen LogP contribution in [0.3, 0.4) is 0 Å². The molecule has 1 unspecified atom stereocenters. The molecule has 3 amide bonds. The molecule has 8 nitrogen and oxygen atoms in total. The molecule has 0 saturated carbocycles. The van der Waals surface area contributed by atoms with Gasteiger partial charge < -0.3 is 10.2 Å². The summed E-state index contributed by atoms with van der Waals surface area (Å²) in [6.45, 7) is 2.80. The van der Waals surface area contributed by atoms with Crippen LogP contribution >= 0.6 is 0 Å². The van der Waals surface area contributed by atoms with Crippen LogP contribution in [-0.2, 0) is 27.3 Å². The van der Waals surface area contributed by atoms with E-state index in [9.17, 15) is 19.2 Å². The van der Waals surface area contributed by atoms with Crippen LogP contribution < -0.4 is 10.2 Å². The van der Waals surface area contributed by atoms with E-state index in [0.717, 1.165) is 31.2 Å². The van der Waals surface area contributed by atoms with Gasteiger partial charge in [-0.05, 0) is 37.3 Å². The number of anilines is 1. The lowest BCUT2D eigenvalue weighted by Crippen LogP contribution is -2.45. The number of nitrogens with one attached hydrogen (secondary N) is 1.